The first-order valence-electron chi connectivity index (χ1n) is 4.40. The van der Waals surface area contributed by atoms with Crippen molar-refractivity contribution in [2.24, 2.45) is 5.92 Å². The van der Waals surface area contributed by atoms with Crippen LogP contribution < -0.4 is 11.1 Å². The van der Waals surface area contributed by atoms with Crippen LogP contribution in [-0.4, -0.2) is 11.0 Å². The molecule has 0 radical (unpaired) electrons. The van der Waals surface area contributed by atoms with E-state index in [0.29, 0.717) is 11.4 Å². The summed E-state index contributed by atoms with van der Waals surface area (Å²) >= 11 is 0. The SMILES string of the molecule is CC(C)C(=O)Nc1ccc(N)c(O)c1. The normalized spacial score (nSPS) is 10.2. The highest BCUT2D eigenvalue weighted by atomic mass is 16.3. The fraction of sp³-hybridized carbons (Fsp3) is 0.300. The molecule has 0 saturated heterocycles. The van der Waals surface area contributed by atoms with Gasteiger partial charge in [-0.05, 0) is 12.1 Å². The summed E-state index contributed by atoms with van der Waals surface area (Å²) in [6, 6.07) is 4.62. The van der Waals surface area contributed by atoms with E-state index in [9.17, 15) is 9.90 Å². The summed E-state index contributed by atoms with van der Waals surface area (Å²) < 4.78 is 0. The first kappa shape index (κ1) is 10.4. The number of aromatic hydroxyl groups is 1. The Bertz CT molecular complexity index is 348. The van der Waals surface area contributed by atoms with Gasteiger partial charge in [-0.3, -0.25) is 4.79 Å². The van der Waals surface area contributed by atoms with Crippen LogP contribution in [0.5, 0.6) is 5.75 Å². The molecular weight excluding hydrogens is 180 g/mol. The molecule has 0 fully saturated rings. The molecule has 1 aromatic rings. The molecule has 0 aliphatic heterocycles. The van der Waals surface area contributed by atoms with Gasteiger partial charge in [-0.1, -0.05) is 13.8 Å². The van der Waals surface area contributed by atoms with Crippen molar-refractivity contribution in [1.82, 2.24) is 0 Å². The number of anilines is 2. The summed E-state index contributed by atoms with van der Waals surface area (Å²) in [5.41, 5.74) is 6.27. The van der Waals surface area contributed by atoms with Crippen LogP contribution in [-0.2, 0) is 4.79 Å². The Labute approximate surface area is 82.7 Å². The summed E-state index contributed by atoms with van der Waals surface area (Å²) in [5.74, 6) is -0.199. The molecule has 0 saturated carbocycles. The number of nitrogen functional groups attached to an aromatic ring is 1. The van der Waals surface area contributed by atoms with Gasteiger partial charge in [0.15, 0.2) is 0 Å². The van der Waals surface area contributed by atoms with Crippen LogP contribution in [0.1, 0.15) is 13.8 Å². The smallest absolute Gasteiger partial charge is 0.226 e. The van der Waals surface area contributed by atoms with E-state index < -0.39 is 0 Å². The van der Waals surface area contributed by atoms with Crippen LogP contribution in [0, 0.1) is 5.92 Å². The largest absolute Gasteiger partial charge is 0.506 e. The molecule has 0 heterocycles. The van der Waals surface area contributed by atoms with Crippen LogP contribution >= 0.6 is 0 Å². The number of phenolic OH excluding ortho intramolecular Hbond substituents is 1. The quantitative estimate of drug-likeness (QED) is 0.494. The lowest BCUT2D eigenvalue weighted by Crippen LogP contribution is -2.17. The Hall–Kier alpha value is -1.71. The summed E-state index contributed by atoms with van der Waals surface area (Å²) in [4.78, 5) is 11.3. The maximum Gasteiger partial charge on any atom is 0.226 e. The summed E-state index contributed by atoms with van der Waals surface area (Å²) in [6.07, 6.45) is 0. The molecule has 0 bridgehead atoms. The monoisotopic (exact) mass is 194 g/mol. The minimum Gasteiger partial charge on any atom is -0.506 e. The van der Waals surface area contributed by atoms with Crippen LogP contribution in [0.2, 0.25) is 0 Å². The van der Waals surface area contributed by atoms with E-state index in [0.717, 1.165) is 0 Å². The first-order chi connectivity index (χ1) is 6.50. The highest BCUT2D eigenvalue weighted by Crippen LogP contribution is 2.23. The van der Waals surface area contributed by atoms with E-state index in [4.69, 9.17) is 5.73 Å². The molecule has 0 aliphatic rings. The molecule has 4 heteroatoms. The Morgan fingerprint density at radius 1 is 1.50 bits per heavy atom. The van der Waals surface area contributed by atoms with Gasteiger partial charge in [0.25, 0.3) is 0 Å². The van der Waals surface area contributed by atoms with Gasteiger partial charge >= 0.3 is 0 Å². The number of carbonyl (C=O) groups is 1. The lowest BCUT2D eigenvalue weighted by atomic mass is 10.2. The Morgan fingerprint density at radius 3 is 2.64 bits per heavy atom. The van der Waals surface area contributed by atoms with Gasteiger partial charge in [-0.2, -0.15) is 0 Å². The summed E-state index contributed by atoms with van der Waals surface area (Å²) in [7, 11) is 0. The van der Waals surface area contributed by atoms with Crippen LogP contribution in [0.4, 0.5) is 11.4 Å². The van der Waals surface area contributed by atoms with Crippen molar-refractivity contribution in [3.05, 3.63) is 18.2 Å². The topological polar surface area (TPSA) is 75.4 Å². The number of hydrogen-bond acceptors (Lipinski definition) is 3. The number of benzene rings is 1. The predicted molar refractivity (Wildman–Crippen MR) is 56.0 cm³/mol. The van der Waals surface area contributed by atoms with Gasteiger partial charge < -0.3 is 16.2 Å². The number of phenols is 1. The minimum atomic E-state index is -0.0887. The van der Waals surface area contributed by atoms with E-state index in [-0.39, 0.29) is 17.6 Å². The average molecular weight is 194 g/mol. The van der Waals surface area contributed by atoms with Crippen molar-refractivity contribution < 1.29 is 9.90 Å². The zero-order chi connectivity index (χ0) is 10.7. The first-order valence-corrected chi connectivity index (χ1v) is 4.40. The van der Waals surface area contributed by atoms with Crippen LogP contribution in [0.25, 0.3) is 0 Å². The van der Waals surface area contributed by atoms with Crippen molar-refractivity contribution in [2.75, 3.05) is 11.1 Å². The Kier molecular flexibility index (Phi) is 2.96. The van der Waals surface area contributed by atoms with Gasteiger partial charge in [0.1, 0.15) is 5.75 Å². The molecular formula is C10H14N2O2. The lowest BCUT2D eigenvalue weighted by Gasteiger charge is -2.08. The third-order valence-corrected chi connectivity index (χ3v) is 1.82. The molecule has 4 nitrogen and oxygen atoms in total. The molecule has 1 rings (SSSR count). The maximum absolute atomic E-state index is 11.3. The van der Waals surface area contributed by atoms with Crippen LogP contribution in [0.15, 0.2) is 18.2 Å². The van der Waals surface area contributed by atoms with Crippen molar-refractivity contribution in [2.45, 2.75) is 13.8 Å². The zero-order valence-electron chi connectivity index (χ0n) is 8.24. The second-order valence-corrected chi connectivity index (χ2v) is 3.42. The highest BCUT2D eigenvalue weighted by Gasteiger charge is 2.07. The summed E-state index contributed by atoms with van der Waals surface area (Å²) in [5, 5.41) is 11.9. The second-order valence-electron chi connectivity index (χ2n) is 3.42. The van der Waals surface area contributed by atoms with Crippen LogP contribution in [0.3, 0.4) is 0 Å². The van der Waals surface area contributed by atoms with Gasteiger partial charge in [0.05, 0.1) is 5.69 Å². The molecule has 4 N–H and O–H groups in total. The number of amides is 1. The molecule has 14 heavy (non-hydrogen) atoms. The molecule has 0 unspecified atom stereocenters. The maximum atomic E-state index is 11.3. The van der Waals surface area contributed by atoms with Gasteiger partial charge in [0.2, 0.25) is 5.91 Å². The highest BCUT2D eigenvalue weighted by molar-refractivity contribution is 5.92. The second kappa shape index (κ2) is 4.00. The Morgan fingerprint density at radius 2 is 2.14 bits per heavy atom. The molecule has 0 spiro atoms. The molecule has 1 amide bonds. The van der Waals surface area contributed by atoms with E-state index in [1.165, 1.54) is 6.07 Å². The van der Waals surface area contributed by atoms with E-state index in [1.54, 1.807) is 26.0 Å². The molecule has 76 valence electrons. The van der Waals surface area contributed by atoms with E-state index in [2.05, 4.69) is 5.32 Å². The molecule has 0 aliphatic carbocycles. The van der Waals surface area contributed by atoms with Gasteiger partial charge in [-0.15, -0.1) is 0 Å². The molecule has 0 aromatic heterocycles. The van der Waals surface area contributed by atoms with Gasteiger partial charge in [-0.25, -0.2) is 0 Å². The van der Waals surface area contributed by atoms with Crippen molar-refractivity contribution in [3.63, 3.8) is 0 Å². The predicted octanol–water partition coefficient (Wildman–Crippen LogP) is 1.57. The standard InChI is InChI=1S/C10H14N2O2/c1-6(2)10(14)12-7-3-4-8(11)9(13)5-7/h3-6,13H,11H2,1-2H3,(H,12,14). The molecule has 0 atom stereocenters. The molecule has 1 aromatic carbocycles. The average Bonchev–Trinajstić information content (AvgIpc) is 2.11. The number of carbonyl (C=O) groups excluding carboxylic acids is 1. The minimum absolute atomic E-state index is 0.0217. The van der Waals surface area contributed by atoms with E-state index in [1.807, 2.05) is 0 Å². The number of rotatable bonds is 2. The zero-order valence-corrected chi connectivity index (χ0v) is 8.24. The Balaban J connectivity index is 2.78. The van der Waals surface area contributed by atoms with Crippen molar-refractivity contribution >= 4 is 17.3 Å². The summed E-state index contributed by atoms with van der Waals surface area (Å²) in [6.45, 7) is 3.60. The van der Waals surface area contributed by atoms with Crippen molar-refractivity contribution in [1.29, 1.82) is 0 Å². The fourth-order valence-corrected chi connectivity index (χ4v) is 0.908. The lowest BCUT2D eigenvalue weighted by molar-refractivity contribution is -0.118. The number of nitrogens with one attached hydrogen (secondary N) is 1. The van der Waals surface area contributed by atoms with E-state index >= 15 is 0 Å². The third-order valence-electron chi connectivity index (χ3n) is 1.82. The third kappa shape index (κ3) is 2.39. The fourth-order valence-electron chi connectivity index (χ4n) is 0.908. The van der Waals surface area contributed by atoms with Gasteiger partial charge in [0, 0.05) is 17.7 Å². The van der Waals surface area contributed by atoms with Crippen molar-refractivity contribution in [3.8, 4) is 5.75 Å². The number of nitrogens with two attached hydrogens (primary N) is 1. The number of hydrogen-bond donors (Lipinski definition) is 3.